The Morgan fingerprint density at radius 3 is 3.04 bits per heavy atom. The summed E-state index contributed by atoms with van der Waals surface area (Å²) in [6.45, 7) is 6.77. The molecule has 0 saturated carbocycles. The summed E-state index contributed by atoms with van der Waals surface area (Å²) in [4.78, 5) is 7.19. The molecule has 4 rings (SSSR count). The van der Waals surface area contributed by atoms with Gasteiger partial charge < -0.3 is 14.6 Å². The van der Waals surface area contributed by atoms with Crippen molar-refractivity contribution in [3.63, 3.8) is 0 Å². The smallest absolute Gasteiger partial charge is 0.0796 e. The molecule has 4 heterocycles. The molecule has 5 heteroatoms. The molecule has 24 heavy (non-hydrogen) atoms. The van der Waals surface area contributed by atoms with Crippen LogP contribution in [0.15, 0.2) is 18.2 Å². The average Bonchev–Trinajstić information content (AvgIpc) is 2.60. The van der Waals surface area contributed by atoms with Crippen LogP contribution in [-0.2, 0) is 15.9 Å². The van der Waals surface area contributed by atoms with Crippen LogP contribution in [0.2, 0.25) is 0 Å². The predicted octanol–water partition coefficient (Wildman–Crippen LogP) is 1.42. The standard InChI is InChI=1S/C19H28N2O3/c1-14-3-2-4-16(20-14)5-8-21-11-15-12-24-10-7-19(15,22)17-13-23-9-6-18(17)21/h2-4,15,17-18,22H,5-13H2,1H3/t15-,17+,18-,19-/m0/s1. The maximum absolute atomic E-state index is 11.3. The van der Waals surface area contributed by atoms with E-state index in [-0.39, 0.29) is 11.8 Å². The van der Waals surface area contributed by atoms with Crippen LogP contribution in [0, 0.1) is 18.8 Å². The topological polar surface area (TPSA) is 54.8 Å². The van der Waals surface area contributed by atoms with E-state index in [0.29, 0.717) is 25.9 Å². The minimum absolute atomic E-state index is 0.194. The van der Waals surface area contributed by atoms with Gasteiger partial charge in [-0.3, -0.25) is 9.88 Å². The number of hydrogen-bond donors (Lipinski definition) is 1. The number of nitrogens with zero attached hydrogens (tertiary/aromatic N) is 2. The van der Waals surface area contributed by atoms with Gasteiger partial charge in [0.1, 0.15) is 0 Å². The molecule has 3 saturated heterocycles. The minimum atomic E-state index is -0.610. The summed E-state index contributed by atoms with van der Waals surface area (Å²) in [5.41, 5.74) is 1.62. The molecule has 0 unspecified atom stereocenters. The lowest BCUT2D eigenvalue weighted by molar-refractivity contribution is -0.219. The van der Waals surface area contributed by atoms with Gasteiger partial charge in [0.15, 0.2) is 0 Å². The SMILES string of the molecule is Cc1cccc(CCN2C[C@H]3COCC[C@@]3(O)[C@@H]3COCC[C@@H]32)n1. The summed E-state index contributed by atoms with van der Waals surface area (Å²) < 4.78 is 11.4. The van der Waals surface area contributed by atoms with Gasteiger partial charge in [0, 0.05) is 68.4 Å². The molecule has 0 aliphatic carbocycles. The summed E-state index contributed by atoms with van der Waals surface area (Å²) in [7, 11) is 0. The van der Waals surface area contributed by atoms with Gasteiger partial charge >= 0.3 is 0 Å². The van der Waals surface area contributed by atoms with Gasteiger partial charge in [-0.2, -0.15) is 0 Å². The van der Waals surface area contributed by atoms with Gasteiger partial charge in [-0.05, 0) is 25.5 Å². The first-order chi connectivity index (χ1) is 11.7. The Hall–Kier alpha value is -1.01. The number of fused-ring (bicyclic) bond motifs is 3. The summed E-state index contributed by atoms with van der Waals surface area (Å²) in [6.07, 6.45) is 2.72. The van der Waals surface area contributed by atoms with Gasteiger partial charge in [0.25, 0.3) is 0 Å². The fourth-order valence-electron chi connectivity index (χ4n) is 4.82. The van der Waals surface area contributed by atoms with Crippen molar-refractivity contribution in [2.75, 3.05) is 39.5 Å². The van der Waals surface area contributed by atoms with Crippen LogP contribution in [-0.4, -0.2) is 66.2 Å². The number of likely N-dealkylation sites (tertiary alicyclic amines) is 1. The number of hydrogen-bond acceptors (Lipinski definition) is 5. The van der Waals surface area contributed by atoms with Crippen molar-refractivity contribution < 1.29 is 14.6 Å². The highest BCUT2D eigenvalue weighted by molar-refractivity contribution is 5.11. The number of piperidine rings is 1. The highest BCUT2D eigenvalue weighted by Gasteiger charge is 2.54. The molecule has 4 atom stereocenters. The summed E-state index contributed by atoms with van der Waals surface area (Å²) >= 11 is 0. The normalized spacial score (nSPS) is 36.8. The van der Waals surface area contributed by atoms with E-state index < -0.39 is 5.60 Å². The van der Waals surface area contributed by atoms with E-state index in [1.54, 1.807) is 0 Å². The van der Waals surface area contributed by atoms with E-state index in [1.807, 2.05) is 13.0 Å². The van der Waals surface area contributed by atoms with Crippen LogP contribution in [0.5, 0.6) is 0 Å². The molecule has 5 nitrogen and oxygen atoms in total. The second-order valence-electron chi connectivity index (χ2n) is 7.57. The lowest BCUT2D eigenvalue weighted by Crippen LogP contribution is -2.68. The van der Waals surface area contributed by atoms with Crippen molar-refractivity contribution in [2.45, 2.75) is 37.8 Å². The predicted molar refractivity (Wildman–Crippen MR) is 90.8 cm³/mol. The molecular formula is C19H28N2O3. The fraction of sp³-hybridized carbons (Fsp3) is 0.737. The van der Waals surface area contributed by atoms with Crippen LogP contribution < -0.4 is 0 Å². The van der Waals surface area contributed by atoms with Gasteiger partial charge in [0.2, 0.25) is 0 Å². The molecule has 0 amide bonds. The largest absolute Gasteiger partial charge is 0.389 e. The third-order valence-electron chi connectivity index (χ3n) is 6.16. The first kappa shape index (κ1) is 16.5. The second-order valence-corrected chi connectivity index (χ2v) is 7.57. The Kier molecular flexibility index (Phi) is 4.60. The number of aryl methyl sites for hydroxylation is 1. The van der Waals surface area contributed by atoms with Crippen LogP contribution >= 0.6 is 0 Å². The monoisotopic (exact) mass is 332 g/mol. The van der Waals surface area contributed by atoms with E-state index in [9.17, 15) is 5.11 Å². The Labute approximate surface area is 144 Å². The van der Waals surface area contributed by atoms with E-state index in [4.69, 9.17) is 9.47 Å². The average molecular weight is 332 g/mol. The van der Waals surface area contributed by atoms with Crippen LogP contribution in [0.1, 0.15) is 24.2 Å². The molecule has 1 aromatic rings. The summed E-state index contributed by atoms with van der Waals surface area (Å²) in [5, 5.41) is 11.3. The highest BCUT2D eigenvalue weighted by atomic mass is 16.5. The zero-order valence-electron chi connectivity index (χ0n) is 14.5. The quantitative estimate of drug-likeness (QED) is 0.907. The maximum Gasteiger partial charge on any atom is 0.0796 e. The second kappa shape index (κ2) is 6.71. The zero-order chi connectivity index (χ0) is 16.6. The lowest BCUT2D eigenvalue weighted by Gasteiger charge is -2.57. The molecule has 3 aliphatic rings. The van der Waals surface area contributed by atoms with Crippen molar-refractivity contribution in [3.05, 3.63) is 29.6 Å². The molecule has 132 valence electrons. The number of aromatic nitrogens is 1. The lowest BCUT2D eigenvalue weighted by atomic mass is 9.66. The van der Waals surface area contributed by atoms with Crippen LogP contribution in [0.25, 0.3) is 0 Å². The van der Waals surface area contributed by atoms with Crippen molar-refractivity contribution in [1.29, 1.82) is 0 Å². The van der Waals surface area contributed by atoms with Crippen molar-refractivity contribution >= 4 is 0 Å². The minimum Gasteiger partial charge on any atom is -0.389 e. The summed E-state index contributed by atoms with van der Waals surface area (Å²) in [6, 6.07) is 6.65. The Bertz CT molecular complexity index is 581. The van der Waals surface area contributed by atoms with E-state index in [2.05, 4.69) is 22.0 Å². The first-order valence-corrected chi connectivity index (χ1v) is 9.21. The van der Waals surface area contributed by atoms with E-state index in [0.717, 1.165) is 50.3 Å². The molecule has 3 fully saturated rings. The molecule has 0 aromatic carbocycles. The number of ether oxygens (including phenoxy) is 2. The van der Waals surface area contributed by atoms with Gasteiger partial charge in [-0.1, -0.05) is 6.07 Å². The van der Waals surface area contributed by atoms with Gasteiger partial charge in [-0.15, -0.1) is 0 Å². The fourth-order valence-corrected chi connectivity index (χ4v) is 4.82. The number of rotatable bonds is 3. The van der Waals surface area contributed by atoms with Crippen LogP contribution in [0.4, 0.5) is 0 Å². The maximum atomic E-state index is 11.3. The van der Waals surface area contributed by atoms with E-state index >= 15 is 0 Å². The first-order valence-electron chi connectivity index (χ1n) is 9.21. The third-order valence-corrected chi connectivity index (χ3v) is 6.16. The van der Waals surface area contributed by atoms with Crippen molar-refractivity contribution in [3.8, 4) is 0 Å². The molecule has 0 spiro atoms. The Morgan fingerprint density at radius 2 is 2.17 bits per heavy atom. The highest BCUT2D eigenvalue weighted by Crippen LogP contribution is 2.44. The molecule has 3 aliphatic heterocycles. The Morgan fingerprint density at radius 1 is 1.29 bits per heavy atom. The van der Waals surface area contributed by atoms with Crippen molar-refractivity contribution in [1.82, 2.24) is 9.88 Å². The third kappa shape index (κ3) is 2.99. The van der Waals surface area contributed by atoms with Crippen LogP contribution in [0.3, 0.4) is 0 Å². The molecule has 1 N–H and O–H groups in total. The summed E-state index contributed by atoms with van der Waals surface area (Å²) in [5.74, 6) is 0.402. The van der Waals surface area contributed by atoms with Crippen molar-refractivity contribution in [2.24, 2.45) is 11.8 Å². The molecule has 0 radical (unpaired) electrons. The van der Waals surface area contributed by atoms with Gasteiger partial charge in [-0.25, -0.2) is 0 Å². The molecule has 0 bridgehead atoms. The Balaban J connectivity index is 1.50. The number of pyridine rings is 1. The van der Waals surface area contributed by atoms with Gasteiger partial charge in [0.05, 0.1) is 18.8 Å². The van der Waals surface area contributed by atoms with E-state index in [1.165, 1.54) is 0 Å². The zero-order valence-corrected chi connectivity index (χ0v) is 14.5. The number of aliphatic hydroxyl groups is 1. The molecular weight excluding hydrogens is 304 g/mol. The molecule has 1 aromatic heterocycles.